The Labute approximate surface area is 100 Å². The summed E-state index contributed by atoms with van der Waals surface area (Å²) in [7, 11) is 0. The highest BCUT2D eigenvalue weighted by Gasteiger charge is 2.19. The normalized spacial score (nSPS) is 19.1. The molecule has 2 heteroatoms. The zero-order chi connectivity index (χ0) is 10.8. The molecule has 0 saturated carbocycles. The van der Waals surface area contributed by atoms with Crippen LogP contribution in [0.25, 0.3) is 0 Å². The van der Waals surface area contributed by atoms with E-state index in [4.69, 9.17) is 0 Å². The van der Waals surface area contributed by atoms with Crippen LogP contribution in [0.15, 0.2) is 41.1 Å². The van der Waals surface area contributed by atoms with E-state index < -0.39 is 0 Å². The van der Waals surface area contributed by atoms with Crippen LogP contribution in [0.4, 0.5) is 5.69 Å². The standard InChI is InChI=1S/C14H15NS/c1-2-6-13-11(4-1)5-3-7-14(13)15-12-8-9-16-10-12/h1-2,4,6,8-10,14-15H,3,5,7H2. The van der Waals surface area contributed by atoms with E-state index in [1.54, 1.807) is 11.3 Å². The molecule has 1 aromatic heterocycles. The van der Waals surface area contributed by atoms with Crippen molar-refractivity contribution in [3.8, 4) is 0 Å². The van der Waals surface area contributed by atoms with Crippen LogP contribution in [0.1, 0.15) is 30.0 Å². The molecule has 1 unspecified atom stereocenters. The first kappa shape index (κ1) is 9.91. The third-order valence-corrected chi connectivity index (χ3v) is 3.91. The number of anilines is 1. The fourth-order valence-corrected chi connectivity index (χ4v) is 3.05. The first-order valence-electron chi connectivity index (χ1n) is 5.80. The van der Waals surface area contributed by atoms with Crippen molar-refractivity contribution < 1.29 is 0 Å². The van der Waals surface area contributed by atoms with Crippen molar-refractivity contribution >= 4 is 17.0 Å². The molecule has 2 aromatic rings. The predicted octanol–water partition coefficient (Wildman–Crippen LogP) is 4.24. The van der Waals surface area contributed by atoms with Gasteiger partial charge in [-0.1, -0.05) is 24.3 Å². The first-order valence-corrected chi connectivity index (χ1v) is 6.74. The zero-order valence-corrected chi connectivity index (χ0v) is 9.96. The molecular weight excluding hydrogens is 214 g/mol. The van der Waals surface area contributed by atoms with Crippen LogP contribution in [0.2, 0.25) is 0 Å². The van der Waals surface area contributed by atoms with Gasteiger partial charge < -0.3 is 5.32 Å². The van der Waals surface area contributed by atoms with Crippen LogP contribution in [-0.2, 0) is 6.42 Å². The fourth-order valence-electron chi connectivity index (χ4n) is 2.45. The minimum atomic E-state index is 0.500. The highest BCUT2D eigenvalue weighted by Crippen LogP contribution is 2.32. The van der Waals surface area contributed by atoms with Gasteiger partial charge in [0, 0.05) is 11.1 Å². The summed E-state index contributed by atoms with van der Waals surface area (Å²) in [6.07, 6.45) is 3.77. The highest BCUT2D eigenvalue weighted by molar-refractivity contribution is 7.08. The van der Waals surface area contributed by atoms with Crippen LogP contribution in [0.3, 0.4) is 0 Å². The van der Waals surface area contributed by atoms with Crippen molar-refractivity contribution in [1.82, 2.24) is 0 Å². The molecule has 82 valence electrons. The molecule has 1 aliphatic rings. The van der Waals surface area contributed by atoms with Gasteiger partial charge in [0.25, 0.3) is 0 Å². The summed E-state index contributed by atoms with van der Waals surface area (Å²) in [6.45, 7) is 0. The lowest BCUT2D eigenvalue weighted by atomic mass is 9.88. The highest BCUT2D eigenvalue weighted by atomic mass is 32.1. The molecule has 0 bridgehead atoms. The van der Waals surface area contributed by atoms with Crippen molar-refractivity contribution in [2.75, 3.05) is 5.32 Å². The van der Waals surface area contributed by atoms with E-state index >= 15 is 0 Å². The monoisotopic (exact) mass is 229 g/mol. The molecule has 0 aliphatic heterocycles. The summed E-state index contributed by atoms with van der Waals surface area (Å²) in [5, 5.41) is 7.93. The third-order valence-electron chi connectivity index (χ3n) is 3.23. The van der Waals surface area contributed by atoms with Gasteiger partial charge in [0.2, 0.25) is 0 Å². The molecule has 1 heterocycles. The van der Waals surface area contributed by atoms with Crippen LogP contribution in [0, 0.1) is 0 Å². The molecule has 16 heavy (non-hydrogen) atoms. The Kier molecular flexibility index (Phi) is 2.66. The Balaban J connectivity index is 1.87. The smallest absolute Gasteiger partial charge is 0.0516 e. The summed E-state index contributed by atoms with van der Waals surface area (Å²) in [5.41, 5.74) is 4.26. The molecule has 0 spiro atoms. The van der Waals surface area contributed by atoms with Crippen LogP contribution in [-0.4, -0.2) is 0 Å². The number of benzene rings is 1. The van der Waals surface area contributed by atoms with E-state index in [0.29, 0.717) is 6.04 Å². The van der Waals surface area contributed by atoms with Crippen molar-refractivity contribution in [3.63, 3.8) is 0 Å². The SMILES string of the molecule is c1ccc2c(c1)CCCC2Nc1ccsc1. The van der Waals surface area contributed by atoms with Gasteiger partial charge in [-0.25, -0.2) is 0 Å². The number of thiophene rings is 1. The molecule has 1 atom stereocenters. The average Bonchev–Trinajstić information content (AvgIpc) is 2.82. The lowest BCUT2D eigenvalue weighted by Gasteiger charge is -2.26. The Morgan fingerprint density at radius 3 is 3.00 bits per heavy atom. The Morgan fingerprint density at radius 2 is 2.12 bits per heavy atom. The van der Waals surface area contributed by atoms with Crippen LogP contribution in [0.5, 0.6) is 0 Å². The zero-order valence-electron chi connectivity index (χ0n) is 9.15. The maximum absolute atomic E-state index is 3.63. The van der Waals surface area contributed by atoms with Gasteiger partial charge in [0.15, 0.2) is 0 Å². The molecule has 1 aromatic carbocycles. The van der Waals surface area contributed by atoms with Crippen LogP contribution < -0.4 is 5.32 Å². The summed E-state index contributed by atoms with van der Waals surface area (Å²) in [4.78, 5) is 0. The number of rotatable bonds is 2. The molecule has 1 aliphatic carbocycles. The van der Waals surface area contributed by atoms with E-state index in [9.17, 15) is 0 Å². The van der Waals surface area contributed by atoms with Gasteiger partial charge in [-0.15, -0.1) is 0 Å². The number of fused-ring (bicyclic) bond motifs is 1. The second-order valence-electron chi connectivity index (χ2n) is 4.30. The third kappa shape index (κ3) is 1.85. The van der Waals surface area contributed by atoms with Crippen molar-refractivity contribution in [2.45, 2.75) is 25.3 Å². The second kappa shape index (κ2) is 4.30. The lowest BCUT2D eigenvalue weighted by Crippen LogP contribution is -2.16. The summed E-state index contributed by atoms with van der Waals surface area (Å²) in [6, 6.07) is 11.5. The van der Waals surface area contributed by atoms with E-state index in [0.717, 1.165) is 0 Å². The summed E-state index contributed by atoms with van der Waals surface area (Å²) >= 11 is 1.75. The molecule has 0 amide bonds. The molecule has 1 nitrogen and oxygen atoms in total. The number of hydrogen-bond acceptors (Lipinski definition) is 2. The lowest BCUT2D eigenvalue weighted by molar-refractivity contribution is 0.600. The second-order valence-corrected chi connectivity index (χ2v) is 5.08. The van der Waals surface area contributed by atoms with Gasteiger partial charge in [0.1, 0.15) is 0 Å². The topological polar surface area (TPSA) is 12.0 Å². The van der Waals surface area contributed by atoms with Crippen molar-refractivity contribution in [3.05, 3.63) is 52.2 Å². The maximum atomic E-state index is 3.63. The van der Waals surface area contributed by atoms with E-state index in [1.165, 1.54) is 36.1 Å². The molecular formula is C14H15NS. The summed E-state index contributed by atoms with van der Waals surface area (Å²) < 4.78 is 0. The largest absolute Gasteiger partial charge is 0.378 e. The maximum Gasteiger partial charge on any atom is 0.0516 e. The molecule has 1 N–H and O–H groups in total. The average molecular weight is 229 g/mol. The van der Waals surface area contributed by atoms with Crippen molar-refractivity contribution in [2.24, 2.45) is 0 Å². The van der Waals surface area contributed by atoms with Gasteiger partial charge in [0.05, 0.1) is 6.04 Å². The van der Waals surface area contributed by atoms with Crippen molar-refractivity contribution in [1.29, 1.82) is 0 Å². The minimum absolute atomic E-state index is 0.500. The van der Waals surface area contributed by atoms with Gasteiger partial charge >= 0.3 is 0 Å². The number of aryl methyl sites for hydroxylation is 1. The number of nitrogens with one attached hydrogen (secondary N) is 1. The minimum Gasteiger partial charge on any atom is -0.378 e. The van der Waals surface area contributed by atoms with Gasteiger partial charge in [-0.2, -0.15) is 11.3 Å². The van der Waals surface area contributed by atoms with Gasteiger partial charge in [-0.05, 0) is 41.8 Å². The van der Waals surface area contributed by atoms with E-state index in [1.807, 2.05) is 0 Å². The molecule has 3 rings (SSSR count). The molecule has 0 fully saturated rings. The van der Waals surface area contributed by atoms with Gasteiger partial charge in [-0.3, -0.25) is 0 Å². The Morgan fingerprint density at radius 1 is 1.19 bits per heavy atom. The fraction of sp³-hybridized carbons (Fsp3) is 0.286. The van der Waals surface area contributed by atoms with Crippen LogP contribution >= 0.6 is 11.3 Å². The quantitative estimate of drug-likeness (QED) is 0.812. The molecule has 0 radical (unpaired) electrons. The van der Waals surface area contributed by atoms with E-state index in [2.05, 4.69) is 46.4 Å². The number of hydrogen-bond donors (Lipinski definition) is 1. The Hall–Kier alpha value is -1.28. The first-order chi connectivity index (χ1) is 7.93. The predicted molar refractivity (Wildman–Crippen MR) is 70.1 cm³/mol. The Bertz CT molecular complexity index is 461. The van der Waals surface area contributed by atoms with E-state index in [-0.39, 0.29) is 0 Å². The summed E-state index contributed by atoms with van der Waals surface area (Å²) in [5.74, 6) is 0. The molecule has 0 saturated heterocycles.